The number of hydrogen-bond acceptors (Lipinski definition) is 7. The summed E-state index contributed by atoms with van der Waals surface area (Å²) in [6, 6.07) is 15.1. The first kappa shape index (κ1) is 27.6. The molecule has 2 saturated heterocycles. The number of thiazole rings is 1. The predicted molar refractivity (Wildman–Crippen MR) is 167 cm³/mol. The van der Waals surface area contributed by atoms with Crippen molar-refractivity contribution in [2.45, 2.75) is 41.9 Å². The van der Waals surface area contributed by atoms with Crippen molar-refractivity contribution in [1.29, 1.82) is 0 Å². The standard InChI is InChI=1S/C32H30BrN3O5S2/c33-16-8-10-17(11-9-16)36-30(38)25-19-14-20(26(25)31(36)39)27-24(19)23(28-29(42-27)34-32(40)43-28)18-6-2-3-7-21(18)41-15-22(37)35-12-4-1-5-13-35/h2-3,6-11,19-20,23-27H,1,4-5,12-15H2,(H,34,40)/t19-,20-,23-,24?,25?,26?,27?/m1/s1. The Hall–Kier alpha value is -2.89. The number of anilines is 1. The SMILES string of the molecule is O=C(COc1ccccc1[C@H]1c2sc(=O)[nH]c2SC2C1[C@H]1C[C@@H]2C2C(=O)N(c3ccc(Br)cc3)C(=O)C21)N1CCCCC1. The number of ether oxygens (including phenoxy) is 1. The summed E-state index contributed by atoms with van der Waals surface area (Å²) < 4.78 is 7.14. The van der Waals surface area contributed by atoms with Crippen molar-refractivity contribution in [3.63, 3.8) is 0 Å². The number of rotatable bonds is 5. The molecule has 7 atom stereocenters. The Morgan fingerprint density at radius 2 is 1.67 bits per heavy atom. The zero-order valence-electron chi connectivity index (χ0n) is 23.2. The van der Waals surface area contributed by atoms with E-state index in [0.717, 1.165) is 58.7 Å². The topological polar surface area (TPSA) is 99.8 Å². The van der Waals surface area contributed by atoms with Crippen LogP contribution in [0.25, 0.3) is 0 Å². The third-order valence-electron chi connectivity index (χ3n) is 10.1. The van der Waals surface area contributed by atoms with E-state index in [2.05, 4.69) is 20.9 Å². The van der Waals surface area contributed by atoms with Crippen LogP contribution in [0, 0.1) is 29.6 Å². The lowest BCUT2D eigenvalue weighted by Crippen LogP contribution is -2.43. The highest BCUT2D eigenvalue weighted by atomic mass is 79.9. The van der Waals surface area contributed by atoms with Gasteiger partial charge in [-0.2, -0.15) is 0 Å². The Balaban J connectivity index is 1.15. The van der Waals surface area contributed by atoms with Crippen molar-refractivity contribution < 1.29 is 19.1 Å². The quantitative estimate of drug-likeness (QED) is 0.369. The molecule has 8 rings (SSSR count). The monoisotopic (exact) mass is 679 g/mol. The van der Waals surface area contributed by atoms with Gasteiger partial charge in [-0.25, -0.2) is 0 Å². The lowest BCUT2D eigenvalue weighted by Gasteiger charge is -2.43. The molecule has 4 fully saturated rings. The average molecular weight is 681 g/mol. The van der Waals surface area contributed by atoms with E-state index in [1.807, 2.05) is 53.4 Å². The van der Waals surface area contributed by atoms with Crippen molar-refractivity contribution in [3.8, 4) is 5.75 Å². The minimum atomic E-state index is -0.378. The number of likely N-dealkylation sites (tertiary alicyclic amines) is 1. The number of amides is 3. The zero-order valence-corrected chi connectivity index (χ0v) is 26.5. The van der Waals surface area contributed by atoms with Gasteiger partial charge in [0.25, 0.3) is 5.91 Å². The highest BCUT2D eigenvalue weighted by Crippen LogP contribution is 2.69. The summed E-state index contributed by atoms with van der Waals surface area (Å²) in [5, 5.41) is 0.935. The molecule has 0 radical (unpaired) electrons. The number of carbonyl (C=O) groups excluding carboxylic acids is 3. The van der Waals surface area contributed by atoms with Crippen LogP contribution < -0.4 is 14.5 Å². The molecule has 43 heavy (non-hydrogen) atoms. The molecule has 2 saturated carbocycles. The highest BCUT2D eigenvalue weighted by Gasteiger charge is 2.69. The average Bonchev–Trinajstić information content (AvgIpc) is 3.76. The van der Waals surface area contributed by atoms with E-state index >= 15 is 0 Å². The van der Waals surface area contributed by atoms with E-state index in [1.165, 1.54) is 16.2 Å². The molecule has 11 heteroatoms. The summed E-state index contributed by atoms with van der Waals surface area (Å²) in [5.74, 6) is -0.400. The van der Waals surface area contributed by atoms with Gasteiger partial charge in [0.2, 0.25) is 11.8 Å². The first-order chi connectivity index (χ1) is 20.9. The highest BCUT2D eigenvalue weighted by molar-refractivity contribution is 9.10. The van der Waals surface area contributed by atoms with Gasteiger partial charge in [0, 0.05) is 39.2 Å². The van der Waals surface area contributed by atoms with Crippen molar-refractivity contribution in [1.82, 2.24) is 9.88 Å². The smallest absolute Gasteiger partial charge is 0.305 e. The summed E-state index contributed by atoms with van der Waals surface area (Å²) in [7, 11) is 0. The summed E-state index contributed by atoms with van der Waals surface area (Å²) in [5.41, 5.74) is 1.55. The fourth-order valence-electron chi connectivity index (χ4n) is 8.45. The zero-order chi connectivity index (χ0) is 29.4. The van der Waals surface area contributed by atoms with Crippen LogP contribution >= 0.6 is 39.0 Å². The molecule has 2 bridgehead atoms. The molecule has 1 aromatic heterocycles. The minimum absolute atomic E-state index is 0.00258. The number of para-hydroxylation sites is 1. The number of thioether (sulfide) groups is 1. The second-order valence-corrected chi connectivity index (χ2v) is 15.3. The molecule has 3 aliphatic heterocycles. The van der Waals surface area contributed by atoms with Crippen LogP contribution in [0.2, 0.25) is 0 Å². The number of H-pyrrole nitrogens is 1. The van der Waals surface area contributed by atoms with Crippen LogP contribution in [0.5, 0.6) is 5.75 Å². The number of aromatic nitrogens is 1. The number of nitrogens with one attached hydrogen (secondary N) is 1. The van der Waals surface area contributed by atoms with Gasteiger partial charge in [0.15, 0.2) is 6.61 Å². The molecule has 2 aliphatic carbocycles. The predicted octanol–water partition coefficient (Wildman–Crippen LogP) is 5.27. The molecular formula is C32H30BrN3O5S2. The van der Waals surface area contributed by atoms with Crippen LogP contribution in [0.4, 0.5) is 5.69 Å². The number of imide groups is 1. The molecule has 2 aromatic carbocycles. The number of fused-ring (bicyclic) bond motifs is 9. The van der Waals surface area contributed by atoms with Crippen molar-refractivity contribution >= 4 is 62.4 Å². The largest absolute Gasteiger partial charge is 0.483 e. The third kappa shape index (κ3) is 4.36. The third-order valence-corrected chi connectivity index (χ3v) is 13.2. The molecule has 5 aliphatic rings. The number of nitrogens with zero attached hydrogens (tertiary/aromatic N) is 2. The minimum Gasteiger partial charge on any atom is -0.483 e. The maximum absolute atomic E-state index is 14.0. The molecule has 8 nitrogen and oxygen atoms in total. The number of piperidine rings is 1. The Kier molecular flexibility index (Phi) is 6.83. The van der Waals surface area contributed by atoms with E-state index in [1.54, 1.807) is 11.8 Å². The van der Waals surface area contributed by atoms with E-state index in [-0.39, 0.29) is 70.0 Å². The molecule has 0 spiro atoms. The van der Waals surface area contributed by atoms with Gasteiger partial charge >= 0.3 is 4.87 Å². The van der Waals surface area contributed by atoms with Crippen LogP contribution in [0.1, 0.15) is 42.0 Å². The Morgan fingerprint density at radius 1 is 0.953 bits per heavy atom. The molecule has 3 amide bonds. The second kappa shape index (κ2) is 10.6. The van der Waals surface area contributed by atoms with Gasteiger partial charge in [0.1, 0.15) is 5.75 Å². The van der Waals surface area contributed by atoms with Crippen molar-refractivity contribution in [3.05, 3.63) is 73.1 Å². The first-order valence-electron chi connectivity index (χ1n) is 14.9. The second-order valence-electron chi connectivity index (χ2n) is 12.2. The van der Waals surface area contributed by atoms with E-state index in [9.17, 15) is 19.2 Å². The molecule has 4 unspecified atom stereocenters. The maximum atomic E-state index is 14.0. The first-order valence-corrected chi connectivity index (χ1v) is 17.4. The number of carbonyl (C=O) groups is 3. The lowest BCUT2D eigenvalue weighted by atomic mass is 9.68. The molecule has 3 aromatic rings. The number of aromatic amines is 1. The Labute approximate surface area is 265 Å². The van der Waals surface area contributed by atoms with Gasteiger partial charge in [-0.05, 0) is 73.8 Å². The van der Waals surface area contributed by atoms with Gasteiger partial charge in [-0.3, -0.25) is 24.1 Å². The Morgan fingerprint density at radius 3 is 2.44 bits per heavy atom. The van der Waals surface area contributed by atoms with E-state index in [0.29, 0.717) is 11.4 Å². The van der Waals surface area contributed by atoms with E-state index < -0.39 is 0 Å². The Bertz CT molecular complexity index is 1680. The van der Waals surface area contributed by atoms with Crippen LogP contribution in [-0.4, -0.2) is 52.6 Å². The van der Waals surface area contributed by atoms with Crippen molar-refractivity contribution in [2.75, 3.05) is 24.6 Å². The fourth-order valence-corrected chi connectivity index (χ4v) is 11.6. The van der Waals surface area contributed by atoms with Gasteiger partial charge in [-0.15, -0.1) is 11.8 Å². The lowest BCUT2D eigenvalue weighted by molar-refractivity contribution is -0.134. The summed E-state index contributed by atoms with van der Waals surface area (Å²) >= 11 is 6.34. The van der Waals surface area contributed by atoms with Gasteiger partial charge in [0.05, 0.1) is 22.5 Å². The van der Waals surface area contributed by atoms with Crippen molar-refractivity contribution in [2.24, 2.45) is 29.6 Å². The fraction of sp³-hybridized carbons (Fsp3) is 0.438. The van der Waals surface area contributed by atoms with Crippen LogP contribution in [-0.2, 0) is 14.4 Å². The number of benzene rings is 2. The molecule has 4 heterocycles. The van der Waals surface area contributed by atoms with Gasteiger partial charge < -0.3 is 14.6 Å². The maximum Gasteiger partial charge on any atom is 0.305 e. The van der Waals surface area contributed by atoms with Gasteiger partial charge in [-0.1, -0.05) is 45.5 Å². The summed E-state index contributed by atoms with van der Waals surface area (Å²) in [6.45, 7) is 1.50. The molecular weight excluding hydrogens is 650 g/mol. The molecule has 1 N–H and O–H groups in total. The summed E-state index contributed by atoms with van der Waals surface area (Å²) in [4.78, 5) is 60.7. The normalized spacial score (nSPS) is 30.8. The van der Waals surface area contributed by atoms with Crippen LogP contribution in [0.15, 0.2) is 62.8 Å². The number of hydrogen-bond donors (Lipinski definition) is 1. The number of halogens is 1. The molecule has 222 valence electrons. The summed E-state index contributed by atoms with van der Waals surface area (Å²) in [6.07, 6.45) is 4.00. The van der Waals surface area contributed by atoms with E-state index in [4.69, 9.17) is 4.74 Å². The van der Waals surface area contributed by atoms with Crippen LogP contribution in [0.3, 0.4) is 0 Å².